The van der Waals surface area contributed by atoms with Gasteiger partial charge in [0, 0.05) is 12.7 Å². The van der Waals surface area contributed by atoms with Crippen molar-refractivity contribution in [2.45, 2.75) is 33.4 Å². The first-order valence-electron chi connectivity index (χ1n) is 6.29. The van der Waals surface area contributed by atoms with Gasteiger partial charge in [0.1, 0.15) is 6.04 Å². The number of carbonyl (C=O) groups is 1. The fourth-order valence-electron chi connectivity index (χ4n) is 2.14. The first kappa shape index (κ1) is 14.0. The first-order chi connectivity index (χ1) is 9.38. The van der Waals surface area contributed by atoms with Crippen LogP contribution in [-0.4, -0.2) is 42.8 Å². The summed E-state index contributed by atoms with van der Waals surface area (Å²) in [5.41, 5.74) is 1.43. The number of hydrogen-bond acceptors (Lipinski definition) is 4. The summed E-state index contributed by atoms with van der Waals surface area (Å²) in [6.45, 7) is 5.83. The van der Waals surface area contributed by atoms with Gasteiger partial charge < -0.3 is 4.90 Å². The lowest BCUT2D eigenvalue weighted by atomic mass is 10.3. The summed E-state index contributed by atoms with van der Waals surface area (Å²) in [5, 5.41) is 10.4. The van der Waals surface area contributed by atoms with Gasteiger partial charge in [0.2, 0.25) is 5.91 Å². The molecule has 0 unspecified atom stereocenters. The van der Waals surface area contributed by atoms with E-state index >= 15 is 0 Å². The normalized spacial score (nSPS) is 12.4. The molecule has 0 aliphatic rings. The van der Waals surface area contributed by atoms with Crippen LogP contribution in [0.15, 0.2) is 10.9 Å². The largest absolute Gasteiger partial charge is 0.340 e. The highest BCUT2D eigenvalue weighted by Gasteiger charge is 2.22. The third-order valence-corrected chi connectivity index (χ3v) is 3.08. The quantitative estimate of drug-likeness (QED) is 0.830. The maximum absolute atomic E-state index is 12.4. The number of aromatic nitrogens is 5. The van der Waals surface area contributed by atoms with Crippen LogP contribution in [0.5, 0.6) is 0 Å². The molecule has 2 N–H and O–H groups in total. The molecule has 1 atom stereocenters. The van der Waals surface area contributed by atoms with Crippen LogP contribution in [0.1, 0.15) is 30.2 Å². The van der Waals surface area contributed by atoms with Gasteiger partial charge in [-0.3, -0.25) is 14.5 Å². The Balaban J connectivity index is 2.10. The van der Waals surface area contributed by atoms with E-state index in [0.29, 0.717) is 5.82 Å². The van der Waals surface area contributed by atoms with Crippen molar-refractivity contribution < 1.29 is 4.79 Å². The maximum Gasteiger partial charge on any atom is 0.340 e. The lowest BCUT2D eigenvalue weighted by molar-refractivity contribution is -0.133. The molecule has 108 valence electrons. The van der Waals surface area contributed by atoms with E-state index < -0.39 is 6.04 Å². The van der Waals surface area contributed by atoms with Gasteiger partial charge in [0.25, 0.3) is 0 Å². The molecule has 0 fully saturated rings. The number of hydrogen-bond donors (Lipinski definition) is 2. The fraction of sp³-hybridized carbons (Fsp3) is 0.500. The minimum absolute atomic E-state index is 0.0972. The summed E-state index contributed by atoms with van der Waals surface area (Å²) in [7, 11) is 1.66. The highest BCUT2D eigenvalue weighted by atomic mass is 16.2. The predicted octanol–water partition coefficient (Wildman–Crippen LogP) is 0.131. The summed E-state index contributed by atoms with van der Waals surface area (Å²) in [5.74, 6) is 0.325. The number of aromatic amines is 2. The molecule has 0 aliphatic carbocycles. The van der Waals surface area contributed by atoms with Gasteiger partial charge in [0.05, 0.1) is 12.2 Å². The number of likely N-dealkylation sites (N-methyl/N-ethyl adjacent to an activating group) is 1. The maximum atomic E-state index is 12.4. The summed E-state index contributed by atoms with van der Waals surface area (Å²) in [6.07, 6.45) is 0. The molecule has 8 heteroatoms. The third-order valence-electron chi connectivity index (χ3n) is 3.08. The molecule has 0 radical (unpaired) electrons. The van der Waals surface area contributed by atoms with E-state index in [-0.39, 0.29) is 18.1 Å². The molecule has 0 bridgehead atoms. The third kappa shape index (κ3) is 2.79. The van der Waals surface area contributed by atoms with Crippen molar-refractivity contribution >= 4 is 5.91 Å². The Morgan fingerprint density at radius 3 is 2.70 bits per heavy atom. The molecule has 8 nitrogen and oxygen atoms in total. The number of H-pyrrole nitrogens is 2. The van der Waals surface area contributed by atoms with Crippen LogP contribution in [0.3, 0.4) is 0 Å². The molecule has 1 amide bonds. The van der Waals surface area contributed by atoms with E-state index in [1.54, 1.807) is 18.7 Å². The average molecular weight is 278 g/mol. The van der Waals surface area contributed by atoms with Crippen molar-refractivity contribution in [2.24, 2.45) is 0 Å². The van der Waals surface area contributed by atoms with Crippen LogP contribution in [-0.2, 0) is 11.3 Å². The molecule has 2 heterocycles. The van der Waals surface area contributed by atoms with E-state index in [1.165, 1.54) is 4.90 Å². The van der Waals surface area contributed by atoms with E-state index in [4.69, 9.17) is 0 Å². The standard InChI is InChI=1S/C12H18N6O2/c1-7-5-8(2)18(16-7)9(3)11(19)17(4)6-10-13-12(20)15-14-10/h5,9H,6H2,1-4H3,(H2,13,14,15,20)/t9-/m1/s1. The summed E-state index contributed by atoms with van der Waals surface area (Å²) in [6, 6.07) is 1.52. The number of aryl methyl sites for hydroxylation is 2. The summed E-state index contributed by atoms with van der Waals surface area (Å²) < 4.78 is 1.70. The highest BCUT2D eigenvalue weighted by Crippen LogP contribution is 2.13. The SMILES string of the molecule is Cc1cc(C)n([C@H](C)C(=O)N(C)Cc2n[nH]c(=O)[nH]2)n1. The van der Waals surface area contributed by atoms with Crippen LogP contribution in [0.4, 0.5) is 0 Å². The Bertz CT molecular complexity index is 668. The zero-order valence-corrected chi connectivity index (χ0v) is 12.0. The molecule has 2 aromatic rings. The Kier molecular flexibility index (Phi) is 3.73. The smallest absolute Gasteiger partial charge is 0.336 e. The minimum atomic E-state index is -0.403. The van der Waals surface area contributed by atoms with Gasteiger partial charge in [-0.15, -0.1) is 0 Å². The minimum Gasteiger partial charge on any atom is -0.336 e. The average Bonchev–Trinajstić information content (AvgIpc) is 2.93. The summed E-state index contributed by atoms with van der Waals surface area (Å²) in [4.78, 5) is 27.3. The zero-order valence-electron chi connectivity index (χ0n) is 12.0. The van der Waals surface area contributed by atoms with Crippen molar-refractivity contribution in [3.05, 3.63) is 33.8 Å². The number of amides is 1. The molecule has 2 aromatic heterocycles. The van der Waals surface area contributed by atoms with Crippen molar-refractivity contribution in [1.82, 2.24) is 29.9 Å². The Morgan fingerprint density at radius 2 is 2.20 bits per heavy atom. The zero-order chi connectivity index (χ0) is 14.9. The van der Waals surface area contributed by atoms with E-state index in [1.807, 2.05) is 19.9 Å². The first-order valence-corrected chi connectivity index (χ1v) is 6.29. The van der Waals surface area contributed by atoms with Crippen LogP contribution in [0.2, 0.25) is 0 Å². The molecule has 0 aromatic carbocycles. The molecule has 0 saturated heterocycles. The van der Waals surface area contributed by atoms with Gasteiger partial charge in [0.15, 0.2) is 5.82 Å². The van der Waals surface area contributed by atoms with E-state index in [9.17, 15) is 9.59 Å². The van der Waals surface area contributed by atoms with Gasteiger partial charge in [-0.1, -0.05) is 0 Å². The van der Waals surface area contributed by atoms with Crippen LogP contribution >= 0.6 is 0 Å². The number of rotatable bonds is 4. The van der Waals surface area contributed by atoms with Crippen LogP contribution in [0.25, 0.3) is 0 Å². The molecular weight excluding hydrogens is 260 g/mol. The predicted molar refractivity (Wildman–Crippen MR) is 72.1 cm³/mol. The molecular formula is C12H18N6O2. The van der Waals surface area contributed by atoms with Crippen molar-refractivity contribution in [1.29, 1.82) is 0 Å². The second kappa shape index (κ2) is 5.32. The Labute approximate surface area is 115 Å². The Morgan fingerprint density at radius 1 is 1.50 bits per heavy atom. The van der Waals surface area contributed by atoms with E-state index in [0.717, 1.165) is 11.4 Å². The molecule has 20 heavy (non-hydrogen) atoms. The van der Waals surface area contributed by atoms with Crippen molar-refractivity contribution in [3.63, 3.8) is 0 Å². The lowest BCUT2D eigenvalue weighted by Crippen LogP contribution is -2.34. The van der Waals surface area contributed by atoms with Gasteiger partial charge in [-0.05, 0) is 26.8 Å². The fourth-order valence-corrected chi connectivity index (χ4v) is 2.14. The van der Waals surface area contributed by atoms with E-state index in [2.05, 4.69) is 20.3 Å². The van der Waals surface area contributed by atoms with Crippen LogP contribution in [0, 0.1) is 13.8 Å². The molecule has 0 aliphatic heterocycles. The number of nitrogens with zero attached hydrogens (tertiary/aromatic N) is 4. The monoisotopic (exact) mass is 278 g/mol. The van der Waals surface area contributed by atoms with Gasteiger partial charge in [-0.2, -0.15) is 10.2 Å². The summed E-state index contributed by atoms with van der Waals surface area (Å²) >= 11 is 0. The lowest BCUT2D eigenvalue weighted by Gasteiger charge is -2.21. The van der Waals surface area contributed by atoms with Crippen LogP contribution < -0.4 is 5.69 Å². The van der Waals surface area contributed by atoms with Crippen molar-refractivity contribution in [2.75, 3.05) is 7.05 Å². The molecule has 0 saturated carbocycles. The van der Waals surface area contributed by atoms with Gasteiger partial charge in [-0.25, -0.2) is 9.89 Å². The van der Waals surface area contributed by atoms with Gasteiger partial charge >= 0.3 is 5.69 Å². The highest BCUT2D eigenvalue weighted by molar-refractivity contribution is 5.79. The second-order valence-electron chi connectivity index (χ2n) is 4.87. The number of nitrogens with one attached hydrogen (secondary N) is 2. The number of carbonyl (C=O) groups excluding carboxylic acids is 1. The second-order valence-corrected chi connectivity index (χ2v) is 4.87. The Hall–Kier alpha value is -2.38. The molecule has 0 spiro atoms. The topological polar surface area (TPSA) is 99.7 Å². The molecule has 2 rings (SSSR count). The van der Waals surface area contributed by atoms with Crippen molar-refractivity contribution in [3.8, 4) is 0 Å².